The topological polar surface area (TPSA) is 250 Å². The van der Waals surface area contributed by atoms with Gasteiger partial charge in [0.15, 0.2) is 4.46 Å². The molecule has 0 aliphatic rings. The van der Waals surface area contributed by atoms with Crippen LogP contribution in [0.1, 0.15) is 57.8 Å². The van der Waals surface area contributed by atoms with Crippen molar-refractivity contribution in [3.63, 3.8) is 0 Å². The van der Waals surface area contributed by atoms with E-state index in [1.807, 2.05) is 13.8 Å². The average molecular weight is 738 g/mol. The van der Waals surface area contributed by atoms with Crippen molar-refractivity contribution in [1.82, 2.24) is 51.8 Å². The predicted molar refractivity (Wildman–Crippen MR) is 187 cm³/mol. The lowest BCUT2D eigenvalue weighted by Crippen LogP contribution is -2.44. The van der Waals surface area contributed by atoms with E-state index in [1.165, 1.54) is 0 Å². The highest BCUT2D eigenvalue weighted by Gasteiger charge is 2.17. The molecule has 2 heterocycles. The molecule has 2 unspecified atom stereocenters. The molecule has 0 radical (unpaired) electrons. The third kappa shape index (κ3) is 25.1. The second kappa shape index (κ2) is 23.4. The summed E-state index contributed by atoms with van der Waals surface area (Å²) in [4.78, 5) is 59.7. The SMILES string of the molecule is CC(C)(Cl)NCC(N)CCNC(=O)CC(=O)NCCC(N)CNC(C)(Cl)Cl.O=C(CC(=O)NCCc1cnc[nH]1)NCCc1cnc[nH]1. The standard InChI is InChI=1S/C16H33Cl3N6O2.C13H18N6O2/c1-15(2,17)24-9-11(20)4-6-22-13(26)8-14(27)23-7-5-12(21)10-25-16(3,18)19;20-12(16-3-1-10-6-14-8-18-10)5-13(21)17-4-2-11-7-15-9-19-11/h11-12,24-25H,4-10,20-21H2,1-3H3,(H,22,26)(H,23,27);6-9H,1-5H2,(H,14,18)(H,15,19)(H,16,20)(H,17,21). The van der Waals surface area contributed by atoms with E-state index >= 15 is 0 Å². The van der Waals surface area contributed by atoms with Crippen molar-refractivity contribution < 1.29 is 19.2 Å². The Morgan fingerprint density at radius 2 is 1.06 bits per heavy atom. The molecule has 272 valence electrons. The van der Waals surface area contributed by atoms with Crippen LogP contribution in [0.5, 0.6) is 0 Å². The smallest absolute Gasteiger partial charge is 0.229 e. The highest BCUT2D eigenvalue weighted by Crippen LogP contribution is 2.14. The Kier molecular flexibility index (Phi) is 21.0. The van der Waals surface area contributed by atoms with Gasteiger partial charge in [0.05, 0.1) is 17.7 Å². The molecule has 0 spiro atoms. The third-order valence-corrected chi connectivity index (χ3v) is 6.72. The van der Waals surface area contributed by atoms with E-state index in [1.54, 1.807) is 32.0 Å². The summed E-state index contributed by atoms with van der Waals surface area (Å²) in [5.41, 5.74) is 13.7. The molecule has 0 aliphatic heterocycles. The normalized spacial score (nSPS) is 12.7. The van der Waals surface area contributed by atoms with Crippen LogP contribution in [0.25, 0.3) is 0 Å². The zero-order chi connectivity index (χ0) is 36.0. The maximum atomic E-state index is 11.7. The van der Waals surface area contributed by atoms with Gasteiger partial charge in [-0.15, -0.1) is 11.6 Å². The summed E-state index contributed by atoms with van der Waals surface area (Å²) in [6.07, 6.45) is 8.61. The van der Waals surface area contributed by atoms with Gasteiger partial charge >= 0.3 is 0 Å². The van der Waals surface area contributed by atoms with Crippen LogP contribution in [0.4, 0.5) is 0 Å². The number of hydrogen-bond acceptors (Lipinski definition) is 10. The number of alkyl halides is 3. The lowest BCUT2D eigenvalue weighted by atomic mass is 10.2. The largest absolute Gasteiger partial charge is 0.356 e. The van der Waals surface area contributed by atoms with Crippen molar-refractivity contribution in [3.8, 4) is 0 Å². The van der Waals surface area contributed by atoms with Crippen molar-refractivity contribution in [3.05, 3.63) is 36.4 Å². The van der Waals surface area contributed by atoms with Gasteiger partial charge in [0.1, 0.15) is 12.8 Å². The van der Waals surface area contributed by atoms with Crippen LogP contribution in [-0.2, 0) is 32.0 Å². The van der Waals surface area contributed by atoms with Crippen molar-refractivity contribution in [2.45, 2.75) is 80.8 Å². The molecule has 0 aromatic carbocycles. The van der Waals surface area contributed by atoms with Crippen molar-refractivity contribution in [2.24, 2.45) is 11.5 Å². The van der Waals surface area contributed by atoms with E-state index in [4.69, 9.17) is 46.3 Å². The molecule has 0 saturated heterocycles. The lowest BCUT2D eigenvalue weighted by Gasteiger charge is -2.21. The first-order chi connectivity index (χ1) is 22.5. The molecule has 0 bridgehead atoms. The summed E-state index contributed by atoms with van der Waals surface area (Å²) < 4.78 is -1.04. The van der Waals surface area contributed by atoms with Gasteiger partial charge in [-0.2, -0.15) is 0 Å². The van der Waals surface area contributed by atoms with Gasteiger partial charge in [0.25, 0.3) is 0 Å². The van der Waals surface area contributed by atoms with Gasteiger partial charge < -0.3 is 42.7 Å². The summed E-state index contributed by atoms with van der Waals surface area (Å²) in [5, 5.41) is 16.6. The number of rotatable bonds is 22. The number of halogens is 3. The van der Waals surface area contributed by atoms with E-state index in [-0.39, 0.29) is 48.6 Å². The average Bonchev–Trinajstić information content (AvgIpc) is 3.69. The minimum absolute atomic E-state index is 0.143. The lowest BCUT2D eigenvalue weighted by molar-refractivity contribution is -0.130. The van der Waals surface area contributed by atoms with Gasteiger partial charge in [0.2, 0.25) is 23.6 Å². The van der Waals surface area contributed by atoms with Crippen LogP contribution in [0.15, 0.2) is 25.0 Å². The highest BCUT2D eigenvalue weighted by atomic mass is 35.5. The zero-order valence-electron chi connectivity index (χ0n) is 27.8. The highest BCUT2D eigenvalue weighted by molar-refractivity contribution is 6.47. The molecule has 2 aromatic rings. The number of carbonyl (C=O) groups is 4. The molecule has 0 saturated carbocycles. The Balaban J connectivity index is 0.000000493. The number of nitrogens with zero attached hydrogens (tertiary/aromatic N) is 2. The molecule has 2 atom stereocenters. The quantitative estimate of drug-likeness (QED) is 0.0436. The maximum absolute atomic E-state index is 11.7. The van der Waals surface area contributed by atoms with Gasteiger partial charge in [-0.05, 0) is 33.6 Å². The van der Waals surface area contributed by atoms with E-state index in [0.717, 1.165) is 11.4 Å². The number of nitrogens with two attached hydrogens (primary N) is 2. The monoisotopic (exact) mass is 736 g/mol. The minimum Gasteiger partial charge on any atom is -0.356 e. The second-order valence-electron chi connectivity index (χ2n) is 11.6. The number of aromatic nitrogens is 4. The molecular weight excluding hydrogens is 687 g/mol. The van der Waals surface area contributed by atoms with E-state index in [9.17, 15) is 19.2 Å². The van der Waals surface area contributed by atoms with Gasteiger partial charge in [-0.3, -0.25) is 29.8 Å². The molecule has 0 fully saturated rings. The molecule has 4 amide bonds. The second-order valence-corrected chi connectivity index (χ2v) is 14.3. The van der Waals surface area contributed by atoms with E-state index in [0.29, 0.717) is 65.0 Å². The number of nitrogens with one attached hydrogen (secondary N) is 8. The number of amides is 4. The predicted octanol–water partition coefficient (Wildman–Crippen LogP) is -0.110. The van der Waals surface area contributed by atoms with Crippen LogP contribution in [0.3, 0.4) is 0 Å². The minimum atomic E-state index is -1.04. The fourth-order valence-electron chi connectivity index (χ4n) is 3.74. The Morgan fingerprint density at radius 1 is 0.688 bits per heavy atom. The molecule has 2 rings (SSSR count). The Labute approximate surface area is 296 Å². The molecular formula is C29H51Cl3N12O4. The fourth-order valence-corrected chi connectivity index (χ4v) is 3.97. The first-order valence-electron chi connectivity index (χ1n) is 15.6. The summed E-state index contributed by atoms with van der Waals surface area (Å²) in [6, 6.07) is -0.362. The summed E-state index contributed by atoms with van der Waals surface area (Å²) in [5.74, 6) is -1.28. The number of carbonyl (C=O) groups excluding carboxylic acids is 4. The Morgan fingerprint density at radius 3 is 1.40 bits per heavy atom. The zero-order valence-corrected chi connectivity index (χ0v) is 30.0. The fraction of sp³-hybridized carbons (Fsp3) is 0.655. The Bertz CT molecular complexity index is 1100. The van der Waals surface area contributed by atoms with Gasteiger partial charge in [-0.1, -0.05) is 23.2 Å². The number of aromatic amines is 2. The number of imidazole rings is 2. The molecule has 12 N–H and O–H groups in total. The van der Waals surface area contributed by atoms with Crippen molar-refractivity contribution in [2.75, 3.05) is 39.3 Å². The molecule has 0 aliphatic carbocycles. The summed E-state index contributed by atoms with van der Waals surface area (Å²) in [7, 11) is 0. The maximum Gasteiger partial charge on any atom is 0.229 e. The van der Waals surface area contributed by atoms with Crippen LogP contribution >= 0.6 is 34.8 Å². The summed E-state index contributed by atoms with van der Waals surface area (Å²) >= 11 is 17.6. The number of hydrogen-bond donors (Lipinski definition) is 10. The van der Waals surface area contributed by atoms with Crippen molar-refractivity contribution in [1.29, 1.82) is 0 Å². The Hall–Kier alpha value is -2.99. The van der Waals surface area contributed by atoms with Crippen LogP contribution < -0.4 is 43.4 Å². The third-order valence-electron chi connectivity index (χ3n) is 6.32. The van der Waals surface area contributed by atoms with Gasteiger partial charge in [0, 0.05) is 88.0 Å². The molecule has 16 nitrogen and oxygen atoms in total. The van der Waals surface area contributed by atoms with Crippen molar-refractivity contribution >= 4 is 58.4 Å². The molecule has 2 aromatic heterocycles. The van der Waals surface area contributed by atoms with Gasteiger partial charge in [-0.25, -0.2) is 9.97 Å². The first kappa shape index (κ1) is 43.0. The first-order valence-corrected chi connectivity index (χ1v) is 16.7. The molecule has 48 heavy (non-hydrogen) atoms. The van der Waals surface area contributed by atoms with Crippen LogP contribution in [0.2, 0.25) is 0 Å². The van der Waals surface area contributed by atoms with E-state index in [2.05, 4.69) is 51.8 Å². The molecule has 19 heteroatoms. The number of H-pyrrole nitrogens is 2. The summed E-state index contributed by atoms with van der Waals surface area (Å²) in [6.45, 7) is 7.92. The van der Waals surface area contributed by atoms with Crippen LogP contribution in [0, 0.1) is 0 Å². The van der Waals surface area contributed by atoms with E-state index < -0.39 is 9.46 Å². The van der Waals surface area contributed by atoms with Crippen LogP contribution in [-0.4, -0.2) is 104 Å².